The van der Waals surface area contributed by atoms with Crippen molar-refractivity contribution in [2.45, 2.75) is 11.0 Å². The van der Waals surface area contributed by atoms with Crippen molar-refractivity contribution in [2.24, 2.45) is 0 Å². The first-order chi connectivity index (χ1) is 12.2. The van der Waals surface area contributed by atoms with Crippen molar-refractivity contribution >= 4 is 22.4 Å². The fraction of sp³-hybridized carbons (Fsp3) is 0.176. The molecule has 9 heteroatoms. The highest BCUT2D eigenvalue weighted by Gasteiger charge is 2.50. The molecule has 0 aromatic heterocycles. The standard InChI is InChI=1S/C17H16O8S/c1-24-16(20)15(12-5-3-2-4-6-12)25-17(11-18,26(21,22)23)13-7-9-14(19)10-8-13/h2-11,15,19H,1H3,(H,21,22,23). The van der Waals surface area contributed by atoms with Gasteiger partial charge in [-0.25, -0.2) is 4.79 Å². The quantitative estimate of drug-likeness (QED) is 0.421. The minimum atomic E-state index is -5.17. The molecule has 0 radical (unpaired) electrons. The van der Waals surface area contributed by atoms with Crippen LogP contribution >= 0.6 is 0 Å². The lowest BCUT2D eigenvalue weighted by atomic mass is 10.1. The summed E-state index contributed by atoms with van der Waals surface area (Å²) in [6, 6.07) is 12.1. The van der Waals surface area contributed by atoms with Crippen LogP contribution in [0.15, 0.2) is 54.6 Å². The van der Waals surface area contributed by atoms with Crippen molar-refractivity contribution < 1.29 is 37.1 Å². The number of carbonyl (C=O) groups excluding carboxylic acids is 2. The summed E-state index contributed by atoms with van der Waals surface area (Å²) in [5.74, 6) is -1.17. The summed E-state index contributed by atoms with van der Waals surface area (Å²) in [6.45, 7) is 0. The monoisotopic (exact) mass is 380 g/mol. The fourth-order valence-corrected chi connectivity index (χ4v) is 3.06. The summed E-state index contributed by atoms with van der Waals surface area (Å²) >= 11 is 0. The number of ether oxygens (including phenoxy) is 2. The number of esters is 1. The highest BCUT2D eigenvalue weighted by atomic mass is 32.2. The zero-order valence-electron chi connectivity index (χ0n) is 13.6. The van der Waals surface area contributed by atoms with E-state index in [1.807, 2.05) is 0 Å². The molecule has 0 amide bonds. The molecule has 0 fully saturated rings. The minimum absolute atomic E-state index is 0.131. The third-order valence-corrected chi connectivity index (χ3v) is 4.81. The average Bonchev–Trinajstić information content (AvgIpc) is 2.63. The van der Waals surface area contributed by atoms with Gasteiger partial charge in [-0.2, -0.15) is 8.42 Å². The number of aldehydes is 1. The van der Waals surface area contributed by atoms with Gasteiger partial charge in [-0.15, -0.1) is 0 Å². The molecule has 2 rings (SSSR count). The van der Waals surface area contributed by atoms with Crippen LogP contribution in [0.25, 0.3) is 0 Å². The zero-order chi connectivity index (χ0) is 19.4. The maximum Gasteiger partial charge on any atom is 0.339 e. The Bertz CT molecular complexity index is 877. The second kappa shape index (κ2) is 7.65. The number of rotatable bonds is 7. The van der Waals surface area contributed by atoms with E-state index in [1.54, 1.807) is 18.2 Å². The van der Waals surface area contributed by atoms with E-state index in [0.717, 1.165) is 31.4 Å². The summed E-state index contributed by atoms with van der Waals surface area (Å²) in [4.78, 5) is 21.0. The minimum Gasteiger partial charge on any atom is -0.508 e. The number of benzene rings is 2. The summed E-state index contributed by atoms with van der Waals surface area (Å²) in [6.07, 6.45) is -1.74. The van der Waals surface area contributed by atoms with Gasteiger partial charge in [0, 0.05) is 5.56 Å². The van der Waals surface area contributed by atoms with Crippen LogP contribution in [0.2, 0.25) is 0 Å². The van der Waals surface area contributed by atoms with E-state index in [0.29, 0.717) is 0 Å². The Morgan fingerprint density at radius 3 is 2.15 bits per heavy atom. The molecule has 2 unspecified atom stereocenters. The molecule has 0 saturated heterocycles. The smallest absolute Gasteiger partial charge is 0.339 e. The molecule has 8 nitrogen and oxygen atoms in total. The molecule has 0 saturated carbocycles. The lowest BCUT2D eigenvalue weighted by Crippen LogP contribution is -2.42. The van der Waals surface area contributed by atoms with Gasteiger partial charge in [0.25, 0.3) is 4.93 Å². The molecule has 0 heterocycles. The van der Waals surface area contributed by atoms with Crippen molar-refractivity contribution in [2.75, 3.05) is 7.11 Å². The van der Waals surface area contributed by atoms with Crippen LogP contribution in [0.4, 0.5) is 0 Å². The summed E-state index contributed by atoms with van der Waals surface area (Å²) in [7, 11) is -4.10. The lowest BCUT2D eigenvalue weighted by molar-refractivity contribution is -0.163. The van der Waals surface area contributed by atoms with Crippen LogP contribution in [0.3, 0.4) is 0 Å². The Balaban J connectivity index is 2.63. The Hall–Kier alpha value is -2.75. The molecule has 0 aliphatic heterocycles. The SMILES string of the molecule is COC(=O)C(OC(C=O)(c1ccc(O)cc1)S(=O)(=O)O)c1ccccc1. The predicted molar refractivity (Wildman–Crippen MR) is 89.7 cm³/mol. The van der Waals surface area contributed by atoms with Crippen LogP contribution in [0.5, 0.6) is 5.75 Å². The highest BCUT2D eigenvalue weighted by Crippen LogP contribution is 2.36. The van der Waals surface area contributed by atoms with Gasteiger partial charge in [-0.1, -0.05) is 42.5 Å². The van der Waals surface area contributed by atoms with E-state index in [2.05, 4.69) is 4.74 Å². The molecular formula is C17H16O8S. The number of methoxy groups -OCH3 is 1. The number of carbonyl (C=O) groups is 2. The van der Waals surface area contributed by atoms with Crippen molar-refractivity contribution in [3.63, 3.8) is 0 Å². The number of hydrogen-bond acceptors (Lipinski definition) is 7. The molecule has 2 aromatic carbocycles. The topological polar surface area (TPSA) is 127 Å². The zero-order valence-corrected chi connectivity index (χ0v) is 14.4. The van der Waals surface area contributed by atoms with Crippen LogP contribution in [-0.2, 0) is 34.1 Å². The maximum atomic E-state index is 12.1. The summed E-state index contributed by atoms with van der Waals surface area (Å²) in [5.41, 5.74) is -0.0781. The largest absolute Gasteiger partial charge is 0.508 e. The number of phenols is 1. The maximum absolute atomic E-state index is 12.1. The first-order valence-electron chi connectivity index (χ1n) is 7.28. The van der Waals surface area contributed by atoms with Crippen molar-refractivity contribution in [1.29, 1.82) is 0 Å². The molecule has 0 bridgehead atoms. The Morgan fingerprint density at radius 1 is 1.12 bits per heavy atom. The first-order valence-corrected chi connectivity index (χ1v) is 8.72. The van der Waals surface area contributed by atoms with Gasteiger partial charge >= 0.3 is 16.1 Å². The lowest BCUT2D eigenvalue weighted by Gasteiger charge is -2.29. The Labute approximate surface area is 149 Å². The third-order valence-electron chi connectivity index (χ3n) is 3.62. The summed E-state index contributed by atoms with van der Waals surface area (Å²) in [5, 5.41) is 9.37. The van der Waals surface area contributed by atoms with E-state index in [1.165, 1.54) is 12.1 Å². The third kappa shape index (κ3) is 3.74. The van der Waals surface area contributed by atoms with Gasteiger partial charge in [0.15, 0.2) is 12.4 Å². The number of phenolic OH excluding ortho intramolecular Hbond substituents is 1. The number of hydrogen-bond donors (Lipinski definition) is 2. The van der Waals surface area contributed by atoms with E-state index in [4.69, 9.17) is 4.74 Å². The highest BCUT2D eigenvalue weighted by molar-refractivity contribution is 7.87. The van der Waals surface area contributed by atoms with Gasteiger partial charge < -0.3 is 14.6 Å². The Kier molecular flexibility index (Phi) is 5.76. The van der Waals surface area contributed by atoms with Gasteiger partial charge in [-0.05, 0) is 17.7 Å². The van der Waals surface area contributed by atoms with Gasteiger partial charge in [-0.3, -0.25) is 9.35 Å². The molecule has 0 aliphatic rings. The second-order valence-corrected chi connectivity index (χ2v) is 6.80. The molecule has 26 heavy (non-hydrogen) atoms. The molecule has 2 atom stereocenters. The number of aromatic hydroxyl groups is 1. The van der Waals surface area contributed by atoms with E-state index >= 15 is 0 Å². The van der Waals surface area contributed by atoms with Gasteiger partial charge in [0.1, 0.15) is 5.75 Å². The normalized spacial score (nSPS) is 14.8. The van der Waals surface area contributed by atoms with Crippen molar-refractivity contribution in [1.82, 2.24) is 0 Å². The first kappa shape index (κ1) is 19.6. The average molecular weight is 380 g/mol. The van der Waals surface area contributed by atoms with Crippen LogP contribution < -0.4 is 0 Å². The fourth-order valence-electron chi connectivity index (χ4n) is 2.29. The van der Waals surface area contributed by atoms with E-state index in [9.17, 15) is 27.7 Å². The molecule has 2 aromatic rings. The van der Waals surface area contributed by atoms with Crippen LogP contribution in [0, 0.1) is 0 Å². The van der Waals surface area contributed by atoms with E-state index in [-0.39, 0.29) is 23.2 Å². The molecule has 0 aliphatic carbocycles. The second-order valence-electron chi connectivity index (χ2n) is 5.24. The van der Waals surface area contributed by atoms with Crippen molar-refractivity contribution in [3.05, 3.63) is 65.7 Å². The van der Waals surface area contributed by atoms with Crippen molar-refractivity contribution in [3.8, 4) is 5.75 Å². The van der Waals surface area contributed by atoms with Gasteiger partial charge in [0.05, 0.1) is 7.11 Å². The molecule has 138 valence electrons. The van der Waals surface area contributed by atoms with Gasteiger partial charge in [0.2, 0.25) is 0 Å². The van der Waals surface area contributed by atoms with Crippen LogP contribution in [-0.4, -0.2) is 37.4 Å². The molecule has 2 N–H and O–H groups in total. The molecule has 0 spiro atoms. The van der Waals surface area contributed by atoms with E-state index < -0.39 is 27.1 Å². The molecular weight excluding hydrogens is 364 g/mol. The summed E-state index contributed by atoms with van der Waals surface area (Å²) < 4.78 is 43.7. The van der Waals surface area contributed by atoms with Crippen LogP contribution in [0.1, 0.15) is 17.2 Å². The predicted octanol–water partition coefficient (Wildman–Crippen LogP) is 1.56. The Morgan fingerprint density at radius 2 is 1.69 bits per heavy atom.